The van der Waals surface area contributed by atoms with Gasteiger partial charge in [0.05, 0.1) is 12.3 Å². The average Bonchev–Trinajstić information content (AvgIpc) is 2.34. The summed E-state index contributed by atoms with van der Waals surface area (Å²) in [6.07, 6.45) is 0. The highest BCUT2D eigenvalue weighted by molar-refractivity contribution is 5.68. The second-order valence-corrected chi connectivity index (χ2v) is 4.28. The Morgan fingerprint density at radius 3 is 2.74 bits per heavy atom. The Kier molecular flexibility index (Phi) is 3.90. The molecule has 0 amide bonds. The fraction of sp³-hybridized carbons (Fsp3) is 0.200. The van der Waals surface area contributed by atoms with Gasteiger partial charge in [0, 0.05) is 23.5 Å². The maximum atomic E-state index is 13.8. The van der Waals surface area contributed by atoms with E-state index in [0.717, 1.165) is 5.56 Å². The minimum absolute atomic E-state index is 0.291. The number of nitrogen functional groups attached to an aromatic ring is 1. The molecule has 0 saturated carbocycles. The summed E-state index contributed by atoms with van der Waals surface area (Å²) in [5.74, 6) is 0.374. The van der Waals surface area contributed by atoms with Crippen molar-refractivity contribution in [3.8, 4) is 5.75 Å². The zero-order valence-electron chi connectivity index (χ0n) is 11.0. The molecule has 0 saturated heterocycles. The van der Waals surface area contributed by atoms with Crippen molar-refractivity contribution in [2.45, 2.75) is 13.8 Å². The fourth-order valence-corrected chi connectivity index (χ4v) is 1.88. The number of aryl methyl sites for hydroxylation is 1. The third-order valence-corrected chi connectivity index (χ3v) is 2.73. The van der Waals surface area contributed by atoms with Crippen molar-refractivity contribution >= 4 is 17.1 Å². The first-order valence-electron chi connectivity index (χ1n) is 6.15. The van der Waals surface area contributed by atoms with Crippen molar-refractivity contribution in [2.75, 3.05) is 17.7 Å². The number of hydrogen-bond donors (Lipinski definition) is 2. The molecule has 0 atom stereocenters. The minimum atomic E-state index is -0.291. The number of rotatable bonds is 4. The first-order chi connectivity index (χ1) is 9.10. The number of nitrogens with two attached hydrogens (primary N) is 1. The van der Waals surface area contributed by atoms with Crippen LogP contribution >= 0.6 is 0 Å². The van der Waals surface area contributed by atoms with E-state index in [2.05, 4.69) is 5.32 Å². The Bertz CT molecular complexity index is 564. The molecule has 100 valence electrons. The molecule has 4 heteroatoms. The standard InChI is InChI=1S/C15H17FN2O/c1-3-19-13-8-11(17)7-12(9-13)18-15-10(2)5-4-6-14(15)16/h4-9,18H,3,17H2,1-2H3. The predicted molar refractivity (Wildman–Crippen MR) is 76.4 cm³/mol. The second-order valence-electron chi connectivity index (χ2n) is 4.28. The van der Waals surface area contributed by atoms with Gasteiger partial charge < -0.3 is 15.8 Å². The van der Waals surface area contributed by atoms with Gasteiger partial charge in [-0.2, -0.15) is 0 Å². The number of ether oxygens (including phenoxy) is 1. The molecular weight excluding hydrogens is 243 g/mol. The summed E-state index contributed by atoms with van der Waals surface area (Å²) in [6.45, 7) is 4.31. The van der Waals surface area contributed by atoms with Gasteiger partial charge in [-0.1, -0.05) is 12.1 Å². The quantitative estimate of drug-likeness (QED) is 0.821. The fourth-order valence-electron chi connectivity index (χ4n) is 1.88. The van der Waals surface area contributed by atoms with Crippen LogP contribution < -0.4 is 15.8 Å². The highest BCUT2D eigenvalue weighted by Crippen LogP contribution is 2.28. The lowest BCUT2D eigenvalue weighted by Gasteiger charge is -2.13. The van der Waals surface area contributed by atoms with Crippen LogP contribution in [-0.2, 0) is 0 Å². The lowest BCUT2D eigenvalue weighted by atomic mass is 10.1. The van der Waals surface area contributed by atoms with Crippen molar-refractivity contribution in [3.05, 3.63) is 47.8 Å². The van der Waals surface area contributed by atoms with Gasteiger partial charge in [0.25, 0.3) is 0 Å². The van der Waals surface area contributed by atoms with Crippen molar-refractivity contribution in [1.82, 2.24) is 0 Å². The van der Waals surface area contributed by atoms with E-state index in [0.29, 0.717) is 29.4 Å². The van der Waals surface area contributed by atoms with E-state index in [-0.39, 0.29) is 5.82 Å². The van der Waals surface area contributed by atoms with Crippen LogP contribution in [0, 0.1) is 12.7 Å². The van der Waals surface area contributed by atoms with Crippen LogP contribution in [-0.4, -0.2) is 6.61 Å². The molecule has 3 nitrogen and oxygen atoms in total. The van der Waals surface area contributed by atoms with Gasteiger partial charge in [-0.3, -0.25) is 0 Å². The third-order valence-electron chi connectivity index (χ3n) is 2.73. The number of hydrogen-bond acceptors (Lipinski definition) is 3. The molecule has 3 N–H and O–H groups in total. The van der Waals surface area contributed by atoms with Gasteiger partial charge in [-0.15, -0.1) is 0 Å². The number of nitrogens with one attached hydrogen (secondary N) is 1. The van der Waals surface area contributed by atoms with Gasteiger partial charge in [0.15, 0.2) is 0 Å². The van der Waals surface area contributed by atoms with Crippen LogP contribution in [0.1, 0.15) is 12.5 Å². The molecule has 0 aliphatic rings. The summed E-state index contributed by atoms with van der Waals surface area (Å²) in [5.41, 5.74) is 8.37. The van der Waals surface area contributed by atoms with E-state index in [1.807, 2.05) is 19.9 Å². The number of halogens is 1. The van der Waals surface area contributed by atoms with E-state index in [1.54, 1.807) is 24.3 Å². The van der Waals surface area contributed by atoms with Crippen LogP contribution in [0.3, 0.4) is 0 Å². The number of benzene rings is 2. The third kappa shape index (κ3) is 3.16. The molecule has 0 radical (unpaired) electrons. The molecule has 0 fully saturated rings. The molecule has 0 aromatic heterocycles. The molecule has 2 rings (SSSR count). The molecule has 19 heavy (non-hydrogen) atoms. The summed E-state index contributed by atoms with van der Waals surface area (Å²) in [7, 11) is 0. The molecule has 0 bridgehead atoms. The predicted octanol–water partition coefficient (Wildman–Crippen LogP) is 3.86. The highest BCUT2D eigenvalue weighted by Gasteiger charge is 2.07. The molecule has 0 heterocycles. The molecule has 2 aromatic carbocycles. The number of para-hydroxylation sites is 1. The van der Waals surface area contributed by atoms with Crippen LogP contribution in [0.2, 0.25) is 0 Å². The van der Waals surface area contributed by atoms with Gasteiger partial charge in [-0.25, -0.2) is 4.39 Å². The molecule has 0 aliphatic heterocycles. The van der Waals surface area contributed by atoms with Crippen LogP contribution in [0.4, 0.5) is 21.5 Å². The average molecular weight is 260 g/mol. The molecular formula is C15H17FN2O. The first kappa shape index (κ1) is 13.2. The summed E-state index contributed by atoms with van der Waals surface area (Å²) in [5, 5.41) is 3.05. The monoisotopic (exact) mass is 260 g/mol. The number of anilines is 3. The maximum Gasteiger partial charge on any atom is 0.146 e. The normalized spacial score (nSPS) is 10.3. The van der Waals surface area contributed by atoms with E-state index >= 15 is 0 Å². The van der Waals surface area contributed by atoms with E-state index < -0.39 is 0 Å². The van der Waals surface area contributed by atoms with Crippen molar-refractivity contribution in [1.29, 1.82) is 0 Å². The molecule has 0 spiro atoms. The Hall–Kier alpha value is -2.23. The Balaban J connectivity index is 2.33. The van der Waals surface area contributed by atoms with Gasteiger partial charge >= 0.3 is 0 Å². The zero-order chi connectivity index (χ0) is 13.8. The second kappa shape index (κ2) is 5.61. The topological polar surface area (TPSA) is 47.3 Å². The van der Waals surface area contributed by atoms with Crippen LogP contribution in [0.5, 0.6) is 5.75 Å². The van der Waals surface area contributed by atoms with Crippen LogP contribution in [0.25, 0.3) is 0 Å². The summed E-state index contributed by atoms with van der Waals surface area (Å²) in [6, 6.07) is 10.2. The summed E-state index contributed by atoms with van der Waals surface area (Å²) >= 11 is 0. The van der Waals surface area contributed by atoms with Crippen molar-refractivity contribution in [3.63, 3.8) is 0 Å². The smallest absolute Gasteiger partial charge is 0.146 e. The largest absolute Gasteiger partial charge is 0.494 e. The molecule has 2 aromatic rings. The lowest BCUT2D eigenvalue weighted by molar-refractivity contribution is 0.340. The summed E-state index contributed by atoms with van der Waals surface area (Å²) < 4.78 is 19.2. The first-order valence-corrected chi connectivity index (χ1v) is 6.15. The Morgan fingerprint density at radius 2 is 2.05 bits per heavy atom. The minimum Gasteiger partial charge on any atom is -0.494 e. The SMILES string of the molecule is CCOc1cc(N)cc(Nc2c(C)cccc2F)c1. The van der Waals surface area contributed by atoms with Gasteiger partial charge in [-0.05, 0) is 31.5 Å². The Morgan fingerprint density at radius 1 is 1.26 bits per heavy atom. The van der Waals surface area contributed by atoms with Crippen molar-refractivity contribution < 1.29 is 9.13 Å². The van der Waals surface area contributed by atoms with Gasteiger partial charge in [0.1, 0.15) is 11.6 Å². The maximum absolute atomic E-state index is 13.8. The van der Waals surface area contributed by atoms with E-state index in [9.17, 15) is 4.39 Å². The zero-order valence-corrected chi connectivity index (χ0v) is 11.0. The Labute approximate surface area is 112 Å². The van der Waals surface area contributed by atoms with E-state index in [4.69, 9.17) is 10.5 Å². The molecule has 0 aliphatic carbocycles. The highest BCUT2D eigenvalue weighted by atomic mass is 19.1. The molecule has 0 unspecified atom stereocenters. The van der Waals surface area contributed by atoms with E-state index in [1.165, 1.54) is 6.07 Å². The van der Waals surface area contributed by atoms with Gasteiger partial charge in [0.2, 0.25) is 0 Å². The van der Waals surface area contributed by atoms with Crippen molar-refractivity contribution in [2.24, 2.45) is 0 Å². The lowest BCUT2D eigenvalue weighted by Crippen LogP contribution is -1.99. The summed E-state index contributed by atoms with van der Waals surface area (Å²) in [4.78, 5) is 0. The van der Waals surface area contributed by atoms with Crippen LogP contribution in [0.15, 0.2) is 36.4 Å².